The van der Waals surface area contributed by atoms with Crippen LogP contribution in [-0.2, 0) is 23.0 Å². The number of hydrogen-bond donors (Lipinski definition) is 0. The standard InChI is InChI=1S/C15H13N3O3S/c19-22(20,18-8-6-13-12(10-18)9-17-21-13)14-5-1-3-11-4-2-7-16-15(11)14/h1-5,7,9H,6,8,10H2. The third-order valence-corrected chi connectivity index (χ3v) is 5.75. The molecule has 6 nitrogen and oxygen atoms in total. The van der Waals surface area contributed by atoms with Crippen molar-refractivity contribution >= 4 is 20.9 Å². The molecule has 2 aromatic heterocycles. The van der Waals surface area contributed by atoms with E-state index in [0.717, 1.165) is 16.7 Å². The van der Waals surface area contributed by atoms with Crippen molar-refractivity contribution in [3.8, 4) is 0 Å². The van der Waals surface area contributed by atoms with Gasteiger partial charge in [0.2, 0.25) is 10.0 Å². The van der Waals surface area contributed by atoms with E-state index in [0.29, 0.717) is 18.5 Å². The monoisotopic (exact) mass is 315 g/mol. The molecule has 0 spiro atoms. The summed E-state index contributed by atoms with van der Waals surface area (Å²) in [5.74, 6) is 0.766. The Labute approximate surface area is 127 Å². The van der Waals surface area contributed by atoms with E-state index in [9.17, 15) is 8.42 Å². The van der Waals surface area contributed by atoms with Gasteiger partial charge in [0.1, 0.15) is 10.7 Å². The van der Waals surface area contributed by atoms with Crippen LogP contribution in [0.1, 0.15) is 11.3 Å². The van der Waals surface area contributed by atoms with Crippen molar-refractivity contribution in [2.24, 2.45) is 0 Å². The lowest BCUT2D eigenvalue weighted by atomic mass is 10.1. The lowest BCUT2D eigenvalue weighted by Gasteiger charge is -2.25. The summed E-state index contributed by atoms with van der Waals surface area (Å²) in [7, 11) is -3.61. The molecule has 0 saturated heterocycles. The molecule has 22 heavy (non-hydrogen) atoms. The van der Waals surface area contributed by atoms with Crippen molar-refractivity contribution in [1.82, 2.24) is 14.4 Å². The quantitative estimate of drug-likeness (QED) is 0.722. The Balaban J connectivity index is 1.81. The fourth-order valence-corrected chi connectivity index (χ4v) is 4.33. The van der Waals surface area contributed by atoms with Gasteiger partial charge in [0.15, 0.2) is 0 Å². The van der Waals surface area contributed by atoms with Gasteiger partial charge in [0.05, 0.1) is 11.7 Å². The number of benzene rings is 1. The Morgan fingerprint density at radius 2 is 2.05 bits per heavy atom. The van der Waals surface area contributed by atoms with Gasteiger partial charge < -0.3 is 4.52 Å². The number of nitrogens with zero attached hydrogens (tertiary/aromatic N) is 3. The second-order valence-electron chi connectivity index (χ2n) is 5.19. The summed E-state index contributed by atoms with van der Waals surface area (Å²) in [4.78, 5) is 4.48. The van der Waals surface area contributed by atoms with Gasteiger partial charge >= 0.3 is 0 Å². The van der Waals surface area contributed by atoms with Crippen LogP contribution >= 0.6 is 0 Å². The zero-order valence-electron chi connectivity index (χ0n) is 11.6. The first kappa shape index (κ1) is 13.4. The summed E-state index contributed by atoms with van der Waals surface area (Å²) >= 11 is 0. The lowest BCUT2D eigenvalue weighted by molar-refractivity contribution is 0.331. The fourth-order valence-electron chi connectivity index (χ4n) is 2.74. The molecule has 0 amide bonds. The maximum absolute atomic E-state index is 13.0. The fraction of sp³-hybridized carbons (Fsp3) is 0.200. The van der Waals surface area contributed by atoms with Gasteiger partial charge in [-0.2, -0.15) is 4.31 Å². The summed E-state index contributed by atoms with van der Waals surface area (Å²) in [6, 6.07) is 8.86. The molecule has 7 heteroatoms. The molecule has 3 aromatic rings. The average Bonchev–Trinajstić information content (AvgIpc) is 3.02. The van der Waals surface area contributed by atoms with Gasteiger partial charge in [-0.15, -0.1) is 0 Å². The van der Waals surface area contributed by atoms with Crippen LogP contribution in [0.3, 0.4) is 0 Å². The number of para-hydroxylation sites is 1. The van der Waals surface area contributed by atoms with Crippen LogP contribution in [0.15, 0.2) is 52.1 Å². The van der Waals surface area contributed by atoms with E-state index in [4.69, 9.17) is 4.52 Å². The van der Waals surface area contributed by atoms with Gasteiger partial charge in [0, 0.05) is 36.7 Å². The SMILES string of the molecule is O=S(=O)(c1cccc2cccnc12)N1CCc2oncc2C1. The Bertz CT molecular complexity index is 944. The number of fused-ring (bicyclic) bond motifs is 2. The van der Waals surface area contributed by atoms with Crippen molar-refractivity contribution in [2.75, 3.05) is 6.54 Å². The normalized spacial score (nSPS) is 15.8. The molecule has 3 heterocycles. The third-order valence-electron chi connectivity index (χ3n) is 3.88. The Morgan fingerprint density at radius 1 is 1.18 bits per heavy atom. The van der Waals surface area contributed by atoms with Crippen molar-refractivity contribution in [1.29, 1.82) is 0 Å². The zero-order valence-corrected chi connectivity index (χ0v) is 12.5. The maximum atomic E-state index is 13.0. The minimum absolute atomic E-state index is 0.241. The minimum Gasteiger partial charge on any atom is -0.361 e. The first-order valence-corrected chi connectivity index (χ1v) is 8.36. The highest BCUT2D eigenvalue weighted by molar-refractivity contribution is 7.89. The number of hydrogen-bond acceptors (Lipinski definition) is 5. The van der Waals surface area contributed by atoms with Crippen LogP contribution in [0, 0.1) is 0 Å². The molecule has 0 bridgehead atoms. The molecule has 4 rings (SSSR count). The van der Waals surface area contributed by atoms with Crippen LogP contribution in [0.5, 0.6) is 0 Å². The molecule has 1 aliphatic heterocycles. The summed E-state index contributed by atoms with van der Waals surface area (Å²) in [6.07, 6.45) is 3.72. The van der Waals surface area contributed by atoms with E-state index in [-0.39, 0.29) is 11.4 Å². The number of aromatic nitrogens is 2. The average molecular weight is 315 g/mol. The van der Waals surface area contributed by atoms with E-state index >= 15 is 0 Å². The van der Waals surface area contributed by atoms with E-state index in [2.05, 4.69) is 10.1 Å². The van der Waals surface area contributed by atoms with Crippen LogP contribution in [0.4, 0.5) is 0 Å². The predicted molar refractivity (Wildman–Crippen MR) is 79.5 cm³/mol. The van der Waals surface area contributed by atoms with E-state index in [1.807, 2.05) is 12.1 Å². The Morgan fingerprint density at radius 3 is 2.95 bits per heavy atom. The van der Waals surface area contributed by atoms with Gasteiger partial charge in [0.25, 0.3) is 0 Å². The summed E-state index contributed by atoms with van der Waals surface area (Å²) < 4.78 is 32.5. The number of rotatable bonds is 2. The highest BCUT2D eigenvalue weighted by Gasteiger charge is 2.31. The topological polar surface area (TPSA) is 76.3 Å². The van der Waals surface area contributed by atoms with Crippen LogP contribution in [0.2, 0.25) is 0 Å². The largest absolute Gasteiger partial charge is 0.361 e. The molecule has 0 radical (unpaired) electrons. The Kier molecular flexibility index (Phi) is 2.98. The van der Waals surface area contributed by atoms with Crippen molar-refractivity contribution < 1.29 is 12.9 Å². The first-order chi connectivity index (χ1) is 10.7. The highest BCUT2D eigenvalue weighted by atomic mass is 32.2. The van der Waals surface area contributed by atoms with Gasteiger partial charge in [-0.1, -0.05) is 23.4 Å². The summed E-state index contributed by atoms with van der Waals surface area (Å²) in [5.41, 5.74) is 1.32. The van der Waals surface area contributed by atoms with Gasteiger partial charge in [-0.3, -0.25) is 4.98 Å². The van der Waals surface area contributed by atoms with E-state index < -0.39 is 10.0 Å². The molecular weight excluding hydrogens is 302 g/mol. The number of sulfonamides is 1. The molecule has 112 valence electrons. The summed E-state index contributed by atoms with van der Waals surface area (Å²) in [6.45, 7) is 0.665. The molecule has 0 unspecified atom stereocenters. The molecule has 1 aliphatic rings. The summed E-state index contributed by atoms with van der Waals surface area (Å²) in [5, 5.41) is 4.55. The second kappa shape index (κ2) is 4.89. The lowest BCUT2D eigenvalue weighted by Crippen LogP contribution is -2.35. The smallest absolute Gasteiger partial charge is 0.245 e. The van der Waals surface area contributed by atoms with Crippen molar-refractivity contribution in [3.05, 3.63) is 54.0 Å². The van der Waals surface area contributed by atoms with Crippen molar-refractivity contribution in [3.63, 3.8) is 0 Å². The van der Waals surface area contributed by atoms with Gasteiger partial charge in [-0.25, -0.2) is 8.42 Å². The number of pyridine rings is 1. The maximum Gasteiger partial charge on any atom is 0.245 e. The second-order valence-corrected chi connectivity index (χ2v) is 7.10. The molecule has 0 atom stereocenters. The molecule has 0 fully saturated rings. The Hall–Kier alpha value is -2.25. The van der Waals surface area contributed by atoms with Crippen LogP contribution < -0.4 is 0 Å². The van der Waals surface area contributed by atoms with Crippen LogP contribution in [-0.4, -0.2) is 29.4 Å². The van der Waals surface area contributed by atoms with Crippen molar-refractivity contribution in [2.45, 2.75) is 17.9 Å². The molecule has 0 aliphatic carbocycles. The molecule has 0 saturated carbocycles. The molecule has 0 N–H and O–H groups in total. The highest BCUT2D eigenvalue weighted by Crippen LogP contribution is 2.28. The van der Waals surface area contributed by atoms with Crippen LogP contribution in [0.25, 0.3) is 10.9 Å². The third kappa shape index (κ3) is 2.01. The predicted octanol–water partition coefficient (Wildman–Crippen LogP) is 1.97. The van der Waals surface area contributed by atoms with E-state index in [1.54, 1.807) is 30.6 Å². The first-order valence-electron chi connectivity index (χ1n) is 6.92. The zero-order chi connectivity index (χ0) is 15.2. The molecular formula is C15H13N3O3S. The molecule has 1 aromatic carbocycles. The van der Waals surface area contributed by atoms with E-state index in [1.165, 1.54) is 4.31 Å². The minimum atomic E-state index is -3.61. The van der Waals surface area contributed by atoms with Gasteiger partial charge in [-0.05, 0) is 12.1 Å².